The van der Waals surface area contributed by atoms with Crippen LogP contribution in [0.3, 0.4) is 0 Å². The van der Waals surface area contributed by atoms with Crippen LogP contribution in [0.5, 0.6) is 0 Å². The average molecular weight is 411 g/mol. The Morgan fingerprint density at radius 2 is 1.82 bits per heavy atom. The third-order valence-corrected chi connectivity index (χ3v) is 5.65. The number of nitriles is 1. The second kappa shape index (κ2) is 9.07. The van der Waals surface area contributed by atoms with Gasteiger partial charge in [0, 0.05) is 17.9 Å². The highest BCUT2D eigenvalue weighted by Crippen LogP contribution is 2.28. The number of nitro benzene ring substituents is 1. The van der Waals surface area contributed by atoms with Crippen molar-refractivity contribution in [2.45, 2.75) is 16.5 Å². The number of hydrogen-bond donors (Lipinski definition) is 1. The maximum Gasteiger partial charge on any atom is 0.269 e. The van der Waals surface area contributed by atoms with E-state index >= 15 is 0 Å². The van der Waals surface area contributed by atoms with Crippen molar-refractivity contribution in [3.63, 3.8) is 0 Å². The number of hydrogen-bond acceptors (Lipinski definition) is 8. The van der Waals surface area contributed by atoms with Crippen LogP contribution in [0.4, 0.5) is 10.8 Å². The molecule has 140 valence electrons. The minimum absolute atomic E-state index is 0.0165. The Balaban J connectivity index is 1.51. The molecule has 1 N–H and O–H groups in total. The fraction of sp³-hybridized carbons (Fsp3) is 0.111. The number of benzene rings is 2. The highest BCUT2D eigenvalue weighted by atomic mass is 32.2. The number of amides is 1. The first kappa shape index (κ1) is 19.5. The summed E-state index contributed by atoms with van der Waals surface area (Å²) in [5.74, 6) is 0.408. The molecule has 8 nitrogen and oxygen atoms in total. The number of carbonyl (C=O) groups excluding carboxylic acids is 1. The lowest BCUT2D eigenvalue weighted by Crippen LogP contribution is -2.14. The number of nitrogens with one attached hydrogen (secondary N) is 1. The molecule has 1 amide bonds. The van der Waals surface area contributed by atoms with E-state index in [1.807, 2.05) is 12.1 Å². The van der Waals surface area contributed by atoms with E-state index in [9.17, 15) is 14.9 Å². The molecule has 0 spiro atoms. The van der Waals surface area contributed by atoms with E-state index in [4.69, 9.17) is 5.26 Å². The fourth-order valence-corrected chi connectivity index (χ4v) is 3.95. The lowest BCUT2D eigenvalue weighted by atomic mass is 10.1. The molecule has 2 aromatic carbocycles. The van der Waals surface area contributed by atoms with E-state index in [0.29, 0.717) is 22.0 Å². The third kappa shape index (κ3) is 5.35. The highest BCUT2D eigenvalue weighted by molar-refractivity contribution is 8.00. The van der Waals surface area contributed by atoms with Crippen molar-refractivity contribution in [2.24, 2.45) is 0 Å². The molecule has 0 saturated carbocycles. The molecule has 0 aliphatic rings. The standard InChI is InChI=1S/C18H13N5O3S2/c19-10-13-1-3-14(4-2-13)11-27-18-22-21-17(28-18)20-16(24)9-12-5-7-15(8-6-12)23(25)26/h1-8H,9,11H2,(H,20,21,24). The maximum atomic E-state index is 12.1. The summed E-state index contributed by atoms with van der Waals surface area (Å²) >= 11 is 2.76. The van der Waals surface area contributed by atoms with Crippen molar-refractivity contribution >= 4 is 39.8 Å². The summed E-state index contributed by atoms with van der Waals surface area (Å²) in [5.41, 5.74) is 2.32. The SMILES string of the molecule is N#Cc1ccc(CSc2nnc(NC(=O)Cc3ccc([N+](=O)[O-])cc3)s2)cc1. The van der Waals surface area contributed by atoms with Gasteiger partial charge in [0.1, 0.15) is 0 Å². The summed E-state index contributed by atoms with van der Waals surface area (Å²) in [6, 6.07) is 15.2. The Morgan fingerprint density at radius 1 is 1.14 bits per heavy atom. The summed E-state index contributed by atoms with van der Waals surface area (Å²) in [6.07, 6.45) is 0.0886. The Hall–Kier alpha value is -3.29. The summed E-state index contributed by atoms with van der Waals surface area (Å²) in [4.78, 5) is 22.3. The van der Waals surface area contributed by atoms with Gasteiger partial charge in [0.05, 0.1) is 23.0 Å². The van der Waals surface area contributed by atoms with Crippen LogP contribution in [0.25, 0.3) is 0 Å². The van der Waals surface area contributed by atoms with E-state index in [-0.39, 0.29) is 18.0 Å². The first-order valence-electron chi connectivity index (χ1n) is 8.02. The van der Waals surface area contributed by atoms with Gasteiger partial charge in [-0.2, -0.15) is 5.26 Å². The molecule has 1 aromatic heterocycles. The fourth-order valence-electron chi connectivity index (χ4n) is 2.22. The molecule has 0 fully saturated rings. The van der Waals surface area contributed by atoms with E-state index < -0.39 is 4.92 Å². The zero-order chi connectivity index (χ0) is 19.9. The highest BCUT2D eigenvalue weighted by Gasteiger charge is 2.11. The summed E-state index contributed by atoms with van der Waals surface area (Å²) in [6.45, 7) is 0. The quantitative estimate of drug-likeness (QED) is 0.272. The number of rotatable bonds is 7. The van der Waals surface area contributed by atoms with E-state index in [0.717, 1.165) is 9.90 Å². The monoisotopic (exact) mass is 411 g/mol. The van der Waals surface area contributed by atoms with Crippen molar-refractivity contribution in [2.75, 3.05) is 5.32 Å². The van der Waals surface area contributed by atoms with Gasteiger partial charge in [-0.15, -0.1) is 10.2 Å². The predicted octanol–water partition coefficient (Wildman–Crippen LogP) is 3.79. The second-order valence-corrected chi connectivity index (χ2v) is 7.82. The zero-order valence-electron chi connectivity index (χ0n) is 14.4. The number of carbonyl (C=O) groups is 1. The summed E-state index contributed by atoms with van der Waals surface area (Å²) < 4.78 is 0.718. The predicted molar refractivity (Wildman–Crippen MR) is 106 cm³/mol. The normalized spacial score (nSPS) is 10.2. The number of anilines is 1. The van der Waals surface area contributed by atoms with Crippen molar-refractivity contribution in [1.29, 1.82) is 5.26 Å². The van der Waals surface area contributed by atoms with Crippen LogP contribution in [0, 0.1) is 21.4 Å². The number of nitrogens with zero attached hydrogens (tertiary/aromatic N) is 4. The van der Waals surface area contributed by atoms with Crippen LogP contribution in [0.2, 0.25) is 0 Å². The number of nitro groups is 1. The molecule has 0 unspecified atom stereocenters. The third-order valence-electron chi connectivity index (χ3n) is 3.61. The van der Waals surface area contributed by atoms with Crippen LogP contribution in [-0.4, -0.2) is 21.0 Å². The second-order valence-electron chi connectivity index (χ2n) is 5.62. The Kier molecular flexibility index (Phi) is 6.31. The lowest BCUT2D eigenvalue weighted by molar-refractivity contribution is -0.384. The molecular formula is C18H13N5O3S2. The first-order chi connectivity index (χ1) is 13.5. The molecule has 0 atom stereocenters. The Morgan fingerprint density at radius 3 is 2.46 bits per heavy atom. The number of thioether (sulfide) groups is 1. The number of non-ortho nitro benzene ring substituents is 1. The Bertz CT molecular complexity index is 1030. The zero-order valence-corrected chi connectivity index (χ0v) is 16.0. The van der Waals surface area contributed by atoms with Gasteiger partial charge in [0.15, 0.2) is 4.34 Å². The summed E-state index contributed by atoms with van der Waals surface area (Å²) in [5, 5.41) is 30.5. The molecule has 0 aliphatic heterocycles. The van der Waals surface area contributed by atoms with Gasteiger partial charge < -0.3 is 5.32 Å². The smallest absolute Gasteiger partial charge is 0.269 e. The van der Waals surface area contributed by atoms with Crippen LogP contribution < -0.4 is 5.32 Å². The van der Waals surface area contributed by atoms with Crippen molar-refractivity contribution in [1.82, 2.24) is 10.2 Å². The molecule has 0 radical (unpaired) electrons. The van der Waals surface area contributed by atoms with E-state index in [2.05, 4.69) is 21.6 Å². The molecule has 0 aliphatic carbocycles. The van der Waals surface area contributed by atoms with Gasteiger partial charge in [0.2, 0.25) is 11.0 Å². The van der Waals surface area contributed by atoms with Gasteiger partial charge in [-0.25, -0.2) is 0 Å². The van der Waals surface area contributed by atoms with Gasteiger partial charge in [-0.05, 0) is 23.3 Å². The van der Waals surface area contributed by atoms with Gasteiger partial charge in [-0.1, -0.05) is 47.4 Å². The molecule has 10 heteroatoms. The first-order valence-corrected chi connectivity index (χ1v) is 9.82. The van der Waals surface area contributed by atoms with Gasteiger partial charge in [-0.3, -0.25) is 14.9 Å². The molecule has 0 saturated heterocycles. The summed E-state index contributed by atoms with van der Waals surface area (Å²) in [7, 11) is 0. The average Bonchev–Trinajstić information content (AvgIpc) is 3.14. The van der Waals surface area contributed by atoms with E-state index in [1.165, 1.54) is 35.2 Å². The minimum atomic E-state index is -0.484. The van der Waals surface area contributed by atoms with E-state index in [1.54, 1.807) is 24.3 Å². The molecule has 0 bridgehead atoms. The largest absolute Gasteiger partial charge is 0.300 e. The van der Waals surface area contributed by atoms with Crippen LogP contribution in [0.1, 0.15) is 16.7 Å². The van der Waals surface area contributed by atoms with Crippen molar-refractivity contribution < 1.29 is 9.72 Å². The van der Waals surface area contributed by atoms with Gasteiger partial charge in [0.25, 0.3) is 5.69 Å². The maximum absolute atomic E-state index is 12.1. The van der Waals surface area contributed by atoms with Crippen LogP contribution in [-0.2, 0) is 17.0 Å². The van der Waals surface area contributed by atoms with Crippen LogP contribution in [0.15, 0.2) is 52.9 Å². The van der Waals surface area contributed by atoms with Crippen molar-refractivity contribution in [3.8, 4) is 6.07 Å². The Labute approximate surface area is 168 Å². The van der Waals surface area contributed by atoms with Gasteiger partial charge >= 0.3 is 0 Å². The topological polar surface area (TPSA) is 122 Å². The minimum Gasteiger partial charge on any atom is -0.300 e. The molecule has 1 heterocycles. The molecule has 3 aromatic rings. The lowest BCUT2D eigenvalue weighted by Gasteiger charge is -2.01. The molecular weight excluding hydrogens is 398 g/mol. The molecule has 28 heavy (non-hydrogen) atoms. The van der Waals surface area contributed by atoms with Crippen LogP contribution >= 0.6 is 23.1 Å². The van der Waals surface area contributed by atoms with Crippen molar-refractivity contribution in [3.05, 3.63) is 75.3 Å². The number of aromatic nitrogens is 2. The molecule has 3 rings (SSSR count).